The first-order chi connectivity index (χ1) is 6.02. The van der Waals surface area contributed by atoms with Gasteiger partial charge in [0.1, 0.15) is 0 Å². The summed E-state index contributed by atoms with van der Waals surface area (Å²) in [5.74, 6) is 0.441. The molecule has 0 aliphatic heterocycles. The van der Waals surface area contributed by atoms with Crippen LogP contribution in [0.3, 0.4) is 0 Å². The largest absolute Gasteiger partial charge is 0.395 e. The number of rotatable bonds is 6. The second kappa shape index (κ2) is 6.35. The molecule has 0 heterocycles. The van der Waals surface area contributed by atoms with Crippen molar-refractivity contribution in [3.05, 3.63) is 0 Å². The number of hydrogen-bond acceptors (Lipinski definition) is 3. The average Bonchev–Trinajstić information content (AvgIpc) is 2.11. The van der Waals surface area contributed by atoms with Crippen LogP contribution in [0.1, 0.15) is 27.7 Å². The maximum atomic E-state index is 9.10. The summed E-state index contributed by atoms with van der Waals surface area (Å²) in [7, 11) is 1.70. The number of aliphatic hydroxyl groups is 1. The topological polar surface area (TPSA) is 41.5 Å². The highest BCUT2D eigenvalue weighted by Gasteiger charge is 2.18. The minimum absolute atomic E-state index is 0.160. The van der Waals surface area contributed by atoms with Crippen molar-refractivity contribution in [2.75, 3.05) is 13.7 Å². The van der Waals surface area contributed by atoms with Gasteiger partial charge in [0.15, 0.2) is 0 Å². The summed E-state index contributed by atoms with van der Waals surface area (Å²) >= 11 is 0. The maximum absolute atomic E-state index is 9.10. The molecule has 0 rings (SSSR count). The average molecular weight is 189 g/mol. The lowest BCUT2D eigenvalue weighted by Crippen LogP contribution is -2.47. The molecule has 0 fully saturated rings. The van der Waals surface area contributed by atoms with Crippen molar-refractivity contribution in [1.29, 1.82) is 0 Å². The van der Waals surface area contributed by atoms with Crippen LogP contribution in [0.15, 0.2) is 0 Å². The van der Waals surface area contributed by atoms with E-state index in [4.69, 9.17) is 9.84 Å². The van der Waals surface area contributed by atoms with Gasteiger partial charge in [0.05, 0.1) is 12.7 Å². The quantitative estimate of drug-likeness (QED) is 0.655. The lowest BCUT2D eigenvalue weighted by Gasteiger charge is -2.27. The van der Waals surface area contributed by atoms with Crippen LogP contribution in [0, 0.1) is 5.92 Å². The van der Waals surface area contributed by atoms with Crippen LogP contribution >= 0.6 is 0 Å². The Morgan fingerprint density at radius 1 is 1.23 bits per heavy atom. The zero-order valence-electron chi connectivity index (χ0n) is 9.37. The van der Waals surface area contributed by atoms with Gasteiger partial charge in [0, 0.05) is 19.2 Å². The summed E-state index contributed by atoms with van der Waals surface area (Å²) in [4.78, 5) is 0. The van der Waals surface area contributed by atoms with E-state index >= 15 is 0 Å². The van der Waals surface area contributed by atoms with Gasteiger partial charge in [-0.3, -0.25) is 0 Å². The summed E-state index contributed by atoms with van der Waals surface area (Å²) in [5, 5.41) is 12.4. The molecule has 0 aromatic rings. The van der Waals surface area contributed by atoms with Crippen molar-refractivity contribution >= 4 is 0 Å². The third-order valence-electron chi connectivity index (χ3n) is 2.55. The van der Waals surface area contributed by atoms with Crippen LogP contribution in [0.4, 0.5) is 0 Å². The summed E-state index contributed by atoms with van der Waals surface area (Å²) < 4.78 is 5.19. The number of ether oxygens (including phenoxy) is 1. The number of nitrogens with one attached hydrogen (secondary N) is 1. The molecular weight excluding hydrogens is 166 g/mol. The maximum Gasteiger partial charge on any atom is 0.0693 e. The minimum atomic E-state index is 0.160. The Kier molecular flexibility index (Phi) is 6.29. The van der Waals surface area contributed by atoms with Gasteiger partial charge in [0.2, 0.25) is 0 Å². The molecule has 0 aliphatic carbocycles. The van der Waals surface area contributed by atoms with Gasteiger partial charge < -0.3 is 15.2 Å². The van der Waals surface area contributed by atoms with Gasteiger partial charge in [-0.25, -0.2) is 0 Å². The van der Waals surface area contributed by atoms with E-state index in [9.17, 15) is 0 Å². The zero-order valence-corrected chi connectivity index (χ0v) is 9.37. The molecule has 0 aliphatic rings. The van der Waals surface area contributed by atoms with Crippen molar-refractivity contribution < 1.29 is 9.84 Å². The molecule has 3 heteroatoms. The van der Waals surface area contributed by atoms with Gasteiger partial charge in [-0.1, -0.05) is 13.8 Å². The normalized spacial score (nSPS) is 18.7. The number of hydrogen-bond donors (Lipinski definition) is 2. The van der Waals surface area contributed by atoms with Crippen LogP contribution < -0.4 is 5.32 Å². The SMILES string of the molecule is COC(C)C(C)NC(CO)C(C)C. The smallest absolute Gasteiger partial charge is 0.0693 e. The van der Waals surface area contributed by atoms with E-state index in [0.717, 1.165) is 0 Å². The first-order valence-electron chi connectivity index (χ1n) is 4.92. The van der Waals surface area contributed by atoms with Gasteiger partial charge in [0.25, 0.3) is 0 Å². The molecule has 13 heavy (non-hydrogen) atoms. The molecule has 0 aromatic carbocycles. The fourth-order valence-corrected chi connectivity index (χ4v) is 1.13. The predicted octanol–water partition coefficient (Wildman–Crippen LogP) is 1.02. The summed E-state index contributed by atoms with van der Waals surface area (Å²) in [6.45, 7) is 8.46. The van der Waals surface area contributed by atoms with Crippen LogP contribution in [0.25, 0.3) is 0 Å². The number of aliphatic hydroxyl groups excluding tert-OH is 1. The second-order valence-electron chi connectivity index (χ2n) is 3.93. The highest BCUT2D eigenvalue weighted by atomic mass is 16.5. The van der Waals surface area contributed by atoms with Crippen molar-refractivity contribution in [2.45, 2.75) is 45.9 Å². The summed E-state index contributed by atoms with van der Waals surface area (Å²) in [6.07, 6.45) is 0.174. The highest BCUT2D eigenvalue weighted by molar-refractivity contribution is 4.76. The molecule has 0 aromatic heterocycles. The Bertz CT molecular complexity index is 128. The lowest BCUT2D eigenvalue weighted by atomic mass is 10.0. The fraction of sp³-hybridized carbons (Fsp3) is 1.00. The molecular formula is C10H23NO2. The van der Waals surface area contributed by atoms with Crippen LogP contribution in [0.5, 0.6) is 0 Å². The molecule has 0 saturated carbocycles. The molecule has 3 atom stereocenters. The lowest BCUT2D eigenvalue weighted by molar-refractivity contribution is 0.0752. The molecule has 3 unspecified atom stereocenters. The van der Waals surface area contributed by atoms with E-state index in [0.29, 0.717) is 5.92 Å². The number of methoxy groups -OCH3 is 1. The molecule has 2 N–H and O–H groups in total. The highest BCUT2D eigenvalue weighted by Crippen LogP contribution is 2.04. The molecule has 3 nitrogen and oxygen atoms in total. The molecule has 0 saturated heterocycles. The second-order valence-corrected chi connectivity index (χ2v) is 3.93. The Balaban J connectivity index is 3.93. The van der Waals surface area contributed by atoms with Crippen molar-refractivity contribution in [3.63, 3.8) is 0 Å². The van der Waals surface area contributed by atoms with Gasteiger partial charge >= 0.3 is 0 Å². The summed E-state index contributed by atoms with van der Waals surface area (Å²) in [6, 6.07) is 0.428. The van der Waals surface area contributed by atoms with E-state index in [1.54, 1.807) is 7.11 Å². The van der Waals surface area contributed by atoms with E-state index < -0.39 is 0 Å². The zero-order chi connectivity index (χ0) is 10.4. The Morgan fingerprint density at radius 2 is 1.77 bits per heavy atom. The Hall–Kier alpha value is -0.120. The van der Waals surface area contributed by atoms with Crippen LogP contribution in [-0.2, 0) is 4.74 Å². The van der Waals surface area contributed by atoms with Crippen molar-refractivity contribution in [1.82, 2.24) is 5.32 Å². The van der Waals surface area contributed by atoms with E-state index in [-0.39, 0.29) is 24.8 Å². The molecule has 0 amide bonds. The Labute approximate surface area is 81.5 Å². The first kappa shape index (κ1) is 12.9. The predicted molar refractivity (Wildman–Crippen MR) is 54.8 cm³/mol. The molecule has 0 radical (unpaired) electrons. The standard InChI is InChI=1S/C10H23NO2/c1-7(2)10(6-12)11-8(3)9(4)13-5/h7-12H,6H2,1-5H3. The molecule has 80 valence electrons. The van der Waals surface area contributed by atoms with Gasteiger partial charge in [-0.2, -0.15) is 0 Å². The summed E-state index contributed by atoms with van der Waals surface area (Å²) in [5.41, 5.74) is 0. The molecule has 0 bridgehead atoms. The Morgan fingerprint density at radius 3 is 2.08 bits per heavy atom. The van der Waals surface area contributed by atoms with E-state index in [1.165, 1.54) is 0 Å². The third kappa shape index (κ3) is 4.60. The van der Waals surface area contributed by atoms with E-state index in [2.05, 4.69) is 26.1 Å². The van der Waals surface area contributed by atoms with E-state index in [1.807, 2.05) is 6.92 Å². The minimum Gasteiger partial charge on any atom is -0.395 e. The third-order valence-corrected chi connectivity index (χ3v) is 2.55. The van der Waals surface area contributed by atoms with Gasteiger partial charge in [-0.05, 0) is 19.8 Å². The van der Waals surface area contributed by atoms with Crippen LogP contribution in [0.2, 0.25) is 0 Å². The van der Waals surface area contributed by atoms with Crippen molar-refractivity contribution in [2.24, 2.45) is 5.92 Å². The van der Waals surface area contributed by atoms with Gasteiger partial charge in [-0.15, -0.1) is 0 Å². The van der Waals surface area contributed by atoms with Crippen molar-refractivity contribution in [3.8, 4) is 0 Å². The first-order valence-corrected chi connectivity index (χ1v) is 4.92. The van der Waals surface area contributed by atoms with Crippen LogP contribution in [-0.4, -0.2) is 37.0 Å². The fourth-order valence-electron chi connectivity index (χ4n) is 1.13. The monoisotopic (exact) mass is 189 g/mol. The molecule has 0 spiro atoms.